The molecule has 104 valence electrons. The Morgan fingerprint density at radius 1 is 0.667 bits per heavy atom. The first-order valence-corrected chi connectivity index (χ1v) is 6.73. The first-order valence-electron chi connectivity index (χ1n) is 2.79. The van der Waals surface area contributed by atoms with Gasteiger partial charge in [0.1, 0.15) is 21.0 Å². The smallest absolute Gasteiger partial charge is 0.303 e. The molecule has 0 aromatic heterocycles. The molecule has 8 heteroatoms. The predicted molar refractivity (Wildman–Crippen MR) is 86.8 cm³/mol. The minimum absolute atomic E-state index is 0. The fourth-order valence-electron chi connectivity index (χ4n) is 0.236. The molecule has 0 unspecified atom stereocenters. The molecule has 0 atom stereocenters. The van der Waals surface area contributed by atoms with Crippen LogP contribution in [0, 0.1) is 0 Å². The summed E-state index contributed by atoms with van der Waals surface area (Å²) < 4.78 is 18.8. The molecule has 0 rings (SSSR count). The molecule has 0 saturated heterocycles. The summed E-state index contributed by atoms with van der Waals surface area (Å²) in [5, 5.41) is 0. The number of hydrogen-bond acceptors (Lipinski definition) is 4. The van der Waals surface area contributed by atoms with E-state index in [1.807, 2.05) is 0 Å². The van der Waals surface area contributed by atoms with Gasteiger partial charge in [0.05, 0.1) is 0 Å². The standard InChI is InChI=1S/C2H8O2Si.5CH4.H8O2Si3/c1-3-5-4-2;;;;;;3-1-5-2-4/h5H2,1-2H3;5*1H4;5H2,3-4H3. The molecule has 0 aliphatic rings. The third kappa shape index (κ3) is 107. The molecule has 0 bridgehead atoms. The van der Waals surface area contributed by atoms with Gasteiger partial charge >= 0.3 is 10.0 Å². The lowest BCUT2D eigenvalue weighted by atomic mass is 11.8. The van der Waals surface area contributed by atoms with Crippen molar-refractivity contribution < 1.29 is 17.1 Å². The summed E-state index contributed by atoms with van der Waals surface area (Å²) in [7, 11) is 4.00. The molecule has 0 saturated carbocycles. The Kier molecular flexibility index (Phi) is 184. The first kappa shape index (κ1) is 44.8. The molecule has 0 aromatic rings. The molecule has 0 aliphatic heterocycles. The van der Waals surface area contributed by atoms with E-state index in [1.54, 1.807) is 14.2 Å². The highest BCUT2D eigenvalue weighted by Crippen LogP contribution is 1.55. The van der Waals surface area contributed by atoms with E-state index in [-0.39, 0.29) is 37.1 Å². The molecule has 0 heterocycles. The molecular weight excluding hydrogens is 260 g/mol. The van der Waals surface area contributed by atoms with Gasteiger partial charge in [0.2, 0.25) is 0 Å². The van der Waals surface area contributed by atoms with Crippen LogP contribution in [-0.2, 0) is 17.1 Å². The Balaban J connectivity index is -0.0000000128. The lowest BCUT2D eigenvalue weighted by molar-refractivity contribution is 0.309. The molecular formula is C7H36O4Si4. The van der Waals surface area contributed by atoms with Crippen molar-refractivity contribution in [2.24, 2.45) is 0 Å². The van der Waals surface area contributed by atoms with Gasteiger partial charge in [0, 0.05) is 14.2 Å². The van der Waals surface area contributed by atoms with Crippen molar-refractivity contribution in [2.45, 2.75) is 37.1 Å². The van der Waals surface area contributed by atoms with Gasteiger partial charge in [-0.25, -0.2) is 0 Å². The Bertz CT molecular complexity index is 44.0. The summed E-state index contributed by atoms with van der Waals surface area (Å²) in [6.45, 7) is 0. The Hall–Kier alpha value is 0.708. The largest absolute Gasteiger partial charge is 0.449 e. The van der Waals surface area contributed by atoms with Crippen LogP contribution in [0.2, 0.25) is 0 Å². The molecule has 0 radical (unpaired) electrons. The molecule has 0 aliphatic carbocycles. The van der Waals surface area contributed by atoms with E-state index >= 15 is 0 Å². The highest BCUT2D eigenvalue weighted by atomic mass is 28.3. The molecule has 4 nitrogen and oxygen atoms in total. The zero-order chi connectivity index (χ0) is 8.24. The van der Waals surface area contributed by atoms with Gasteiger partial charge in [0.15, 0.2) is 0 Å². The lowest BCUT2D eigenvalue weighted by Gasteiger charge is -1.87. The first-order chi connectivity index (χ1) is 4.83. The van der Waals surface area contributed by atoms with Crippen molar-refractivity contribution in [1.29, 1.82) is 0 Å². The summed E-state index contributed by atoms with van der Waals surface area (Å²) in [6.07, 6.45) is 0. The van der Waals surface area contributed by atoms with Crippen LogP contribution in [0.4, 0.5) is 0 Å². The Morgan fingerprint density at radius 2 is 0.933 bits per heavy atom. The van der Waals surface area contributed by atoms with Crippen LogP contribution in [0.3, 0.4) is 0 Å². The van der Waals surface area contributed by atoms with Crippen LogP contribution in [-0.4, -0.2) is 55.2 Å². The van der Waals surface area contributed by atoms with Crippen LogP contribution in [0.5, 0.6) is 0 Å². The number of rotatable bonds is 4. The van der Waals surface area contributed by atoms with Crippen LogP contribution < -0.4 is 0 Å². The van der Waals surface area contributed by atoms with Gasteiger partial charge in [0.25, 0.3) is 10.0 Å². The normalized spacial score (nSPS) is 6.80. The van der Waals surface area contributed by atoms with Gasteiger partial charge in [-0.05, 0) is 0 Å². The summed E-state index contributed by atoms with van der Waals surface area (Å²) in [5.74, 6) is 0. The lowest BCUT2D eigenvalue weighted by Crippen LogP contribution is -1.96. The quantitative estimate of drug-likeness (QED) is 0.626. The average molecular weight is 297 g/mol. The van der Waals surface area contributed by atoms with E-state index in [2.05, 4.69) is 8.85 Å². The third-order valence-corrected chi connectivity index (χ3v) is 2.83. The van der Waals surface area contributed by atoms with Crippen molar-refractivity contribution in [1.82, 2.24) is 0 Å². The molecule has 0 fully saturated rings. The topological polar surface area (TPSA) is 36.9 Å². The second kappa shape index (κ2) is 61.4. The molecule has 15 heavy (non-hydrogen) atoms. The minimum Gasteiger partial charge on any atom is -0.449 e. The summed E-state index contributed by atoms with van der Waals surface area (Å²) in [6, 6.07) is 0. The Labute approximate surface area is 110 Å². The van der Waals surface area contributed by atoms with Crippen molar-refractivity contribution >= 4 is 41.0 Å². The maximum atomic E-state index is 4.78. The second-order valence-corrected chi connectivity index (χ2v) is 7.64. The molecule has 0 N–H and O–H groups in total. The Morgan fingerprint density at radius 3 is 0.933 bits per heavy atom. The highest BCUT2D eigenvalue weighted by molar-refractivity contribution is 6.33. The van der Waals surface area contributed by atoms with E-state index in [0.29, 0.717) is 0 Å². The monoisotopic (exact) mass is 296 g/mol. The van der Waals surface area contributed by atoms with Gasteiger partial charge in [-0.3, -0.25) is 0 Å². The van der Waals surface area contributed by atoms with Gasteiger partial charge < -0.3 is 17.1 Å². The van der Waals surface area contributed by atoms with Gasteiger partial charge in [-0.15, -0.1) is 0 Å². The summed E-state index contributed by atoms with van der Waals surface area (Å²) in [5.41, 5.74) is 0. The SMILES string of the molecule is C.C.C.C.C.CO[SiH2]OC.[SiH3]O[SiH2]O[SiH3]. The molecule has 0 spiro atoms. The van der Waals surface area contributed by atoms with E-state index in [4.69, 9.17) is 8.23 Å². The maximum Gasteiger partial charge on any atom is 0.303 e. The van der Waals surface area contributed by atoms with Crippen LogP contribution in [0.1, 0.15) is 37.1 Å². The molecule has 0 aromatic carbocycles. The van der Waals surface area contributed by atoms with Crippen LogP contribution in [0.15, 0.2) is 0 Å². The second-order valence-electron chi connectivity index (χ2n) is 1.39. The zero-order valence-corrected chi connectivity index (χ0v) is 13.9. The average Bonchev–Trinajstić information content (AvgIpc) is 1.93. The summed E-state index contributed by atoms with van der Waals surface area (Å²) >= 11 is 0. The fraction of sp³-hybridized carbons (Fsp3) is 1.00. The maximum absolute atomic E-state index is 4.78. The minimum atomic E-state index is -0.568. The summed E-state index contributed by atoms with van der Waals surface area (Å²) in [4.78, 5) is 0. The van der Waals surface area contributed by atoms with E-state index < -0.39 is 20.0 Å². The fourth-order valence-corrected chi connectivity index (χ4v) is 3.54. The number of hydrogen-bond donors (Lipinski definition) is 0. The zero-order valence-electron chi connectivity index (χ0n) is 7.05. The van der Waals surface area contributed by atoms with E-state index in [9.17, 15) is 0 Å². The van der Waals surface area contributed by atoms with Crippen molar-refractivity contribution in [2.75, 3.05) is 14.2 Å². The molecule has 0 amide bonds. The van der Waals surface area contributed by atoms with Gasteiger partial charge in [-0.1, -0.05) is 37.1 Å². The van der Waals surface area contributed by atoms with Crippen LogP contribution >= 0.6 is 0 Å². The predicted octanol–water partition coefficient (Wildman–Crippen LogP) is -0.962. The van der Waals surface area contributed by atoms with E-state index in [0.717, 1.165) is 21.0 Å². The van der Waals surface area contributed by atoms with Crippen molar-refractivity contribution in [3.8, 4) is 0 Å². The van der Waals surface area contributed by atoms with Crippen LogP contribution in [0.25, 0.3) is 0 Å². The highest BCUT2D eigenvalue weighted by Gasteiger charge is 1.67. The third-order valence-electron chi connectivity index (χ3n) is 0.471. The van der Waals surface area contributed by atoms with E-state index in [1.165, 1.54) is 0 Å². The van der Waals surface area contributed by atoms with Crippen molar-refractivity contribution in [3.63, 3.8) is 0 Å². The van der Waals surface area contributed by atoms with Crippen molar-refractivity contribution in [3.05, 3.63) is 0 Å². The van der Waals surface area contributed by atoms with Gasteiger partial charge in [-0.2, -0.15) is 0 Å².